The third-order valence-electron chi connectivity index (χ3n) is 4.65. The van der Waals surface area contributed by atoms with Crippen molar-refractivity contribution in [3.05, 3.63) is 78.9 Å². The Morgan fingerprint density at radius 2 is 1.32 bits per heavy atom. The molecule has 3 rings (SSSR count). The Hall–Kier alpha value is -2.51. The summed E-state index contributed by atoms with van der Waals surface area (Å²) in [5.41, 5.74) is -0.00216. The van der Waals surface area contributed by atoms with E-state index in [1.54, 1.807) is 12.1 Å². The van der Waals surface area contributed by atoms with Crippen LogP contribution in [0.3, 0.4) is 0 Å². The van der Waals surface area contributed by atoms with Crippen LogP contribution in [0.4, 0.5) is 13.2 Å². The van der Waals surface area contributed by atoms with Crippen LogP contribution in [0.25, 0.3) is 0 Å². The average molecular weight is 610 g/mol. The first-order chi connectivity index (χ1) is 16.0. The Bertz CT molecular complexity index is 1220. The summed E-state index contributed by atoms with van der Waals surface area (Å²) in [6, 6.07) is 13.4. The molecule has 0 bridgehead atoms. The molecule has 0 amide bonds. The molecule has 0 aliphatic rings. The van der Waals surface area contributed by atoms with E-state index in [1.165, 1.54) is 57.7 Å². The van der Waals surface area contributed by atoms with E-state index in [0.29, 0.717) is 12.9 Å². The van der Waals surface area contributed by atoms with Gasteiger partial charge in [-0.15, -0.1) is 0 Å². The molecule has 0 atom stereocenters. The monoisotopic (exact) mass is 610 g/mol. The van der Waals surface area contributed by atoms with Gasteiger partial charge in [-0.1, -0.05) is 0 Å². The SMILES string of the molecule is COc1cc(OC)c(I(OS(=O)(=O)c2ccc(C)cc2)c2ccc(C(F)(F)F)cc2)c(OC)c1. The quantitative estimate of drug-likeness (QED) is 0.296. The van der Waals surface area contributed by atoms with Crippen LogP contribution in [-0.2, 0) is 18.8 Å². The molecule has 184 valence electrons. The topological polar surface area (TPSA) is 71.1 Å². The van der Waals surface area contributed by atoms with E-state index in [-0.39, 0.29) is 16.4 Å². The second-order valence-corrected chi connectivity index (χ2v) is 13.3. The molecule has 3 aromatic carbocycles. The third kappa shape index (κ3) is 5.76. The molecule has 0 heterocycles. The fraction of sp³-hybridized carbons (Fsp3) is 0.217. The van der Waals surface area contributed by atoms with Crippen molar-refractivity contribution in [3.63, 3.8) is 0 Å². The van der Waals surface area contributed by atoms with Gasteiger partial charge in [0, 0.05) is 0 Å². The zero-order chi connectivity index (χ0) is 25.1. The van der Waals surface area contributed by atoms with Gasteiger partial charge < -0.3 is 0 Å². The molecule has 0 radical (unpaired) electrons. The molecule has 0 saturated carbocycles. The molecule has 0 fully saturated rings. The van der Waals surface area contributed by atoms with Crippen LogP contribution in [0.1, 0.15) is 11.1 Å². The zero-order valence-electron chi connectivity index (χ0n) is 18.6. The summed E-state index contributed by atoms with van der Waals surface area (Å²) in [7, 11) is -0.0643. The van der Waals surface area contributed by atoms with Gasteiger partial charge in [-0.3, -0.25) is 0 Å². The van der Waals surface area contributed by atoms with Crippen LogP contribution < -0.4 is 14.2 Å². The van der Waals surface area contributed by atoms with E-state index in [2.05, 4.69) is 0 Å². The number of hydrogen-bond acceptors (Lipinski definition) is 6. The van der Waals surface area contributed by atoms with E-state index >= 15 is 0 Å². The second-order valence-electron chi connectivity index (χ2n) is 6.93. The molecule has 6 nitrogen and oxygen atoms in total. The predicted octanol–water partition coefficient (Wildman–Crippen LogP) is 5.91. The summed E-state index contributed by atoms with van der Waals surface area (Å²) in [5, 5.41) is 0. The van der Waals surface area contributed by atoms with Crippen LogP contribution in [-0.4, -0.2) is 29.7 Å². The predicted molar refractivity (Wildman–Crippen MR) is 128 cm³/mol. The number of rotatable bonds is 8. The van der Waals surface area contributed by atoms with E-state index in [0.717, 1.165) is 17.7 Å². The van der Waals surface area contributed by atoms with Gasteiger partial charge in [-0.05, 0) is 0 Å². The van der Waals surface area contributed by atoms with E-state index in [9.17, 15) is 21.6 Å². The normalized spacial score (nSPS) is 12.3. The molecule has 0 aliphatic heterocycles. The van der Waals surface area contributed by atoms with Crippen LogP contribution >= 0.6 is 20.2 Å². The molecule has 0 unspecified atom stereocenters. The number of methoxy groups -OCH3 is 3. The molecule has 11 heteroatoms. The Kier molecular flexibility index (Phi) is 7.98. The molecule has 0 spiro atoms. The van der Waals surface area contributed by atoms with E-state index in [4.69, 9.17) is 16.7 Å². The fourth-order valence-corrected chi connectivity index (χ4v) is 10.3. The number of aryl methyl sites for hydroxylation is 1. The summed E-state index contributed by atoms with van der Waals surface area (Å²) in [6.07, 6.45) is -4.54. The number of benzene rings is 3. The summed E-state index contributed by atoms with van der Waals surface area (Å²) < 4.78 is 88.3. The van der Waals surface area contributed by atoms with Gasteiger partial charge in [0.2, 0.25) is 0 Å². The standard InChI is InChI=1S/C23H22F3IO6S/c1-15-5-11-19(12-6-15)34(28,29)33-27(17-9-7-16(8-10-17)23(24,25)26)22-20(31-3)13-18(30-2)14-21(22)32-4/h5-14H,1-4H3. The maximum absolute atomic E-state index is 13.2. The number of ether oxygens (including phenoxy) is 3. The number of alkyl halides is 3. The maximum atomic E-state index is 13.2. The van der Waals surface area contributed by atoms with Crippen LogP contribution in [0.5, 0.6) is 17.2 Å². The Balaban J connectivity index is 2.20. The van der Waals surface area contributed by atoms with Gasteiger partial charge in [-0.25, -0.2) is 0 Å². The molecular formula is C23H22F3IO6S. The van der Waals surface area contributed by atoms with Gasteiger partial charge in [0.1, 0.15) is 0 Å². The van der Waals surface area contributed by atoms with Crippen molar-refractivity contribution in [3.8, 4) is 17.2 Å². The minimum absolute atomic E-state index is 0.0706. The summed E-state index contributed by atoms with van der Waals surface area (Å²) >= 11 is -3.48. The Morgan fingerprint density at radius 1 is 0.794 bits per heavy atom. The van der Waals surface area contributed by atoms with Crippen LogP contribution in [0.15, 0.2) is 65.6 Å². The molecular weight excluding hydrogens is 588 g/mol. The van der Waals surface area contributed by atoms with Gasteiger partial charge in [-0.2, -0.15) is 0 Å². The van der Waals surface area contributed by atoms with Gasteiger partial charge >= 0.3 is 204 Å². The first-order valence-electron chi connectivity index (χ1n) is 9.69. The molecule has 34 heavy (non-hydrogen) atoms. The van der Waals surface area contributed by atoms with Crippen LogP contribution in [0, 0.1) is 14.1 Å². The Labute approximate surface area is 203 Å². The zero-order valence-corrected chi connectivity index (χ0v) is 21.6. The van der Waals surface area contributed by atoms with Crippen molar-refractivity contribution in [1.29, 1.82) is 0 Å². The molecule has 0 aliphatic carbocycles. The summed E-state index contributed by atoms with van der Waals surface area (Å²) in [6.45, 7) is 1.81. The first-order valence-corrected chi connectivity index (χ1v) is 14.1. The molecule has 0 N–H and O–H groups in total. The van der Waals surface area contributed by atoms with Crippen molar-refractivity contribution in [2.75, 3.05) is 21.3 Å². The van der Waals surface area contributed by atoms with Crippen molar-refractivity contribution >= 4 is 30.4 Å². The molecule has 0 saturated heterocycles. The summed E-state index contributed by atoms with van der Waals surface area (Å²) in [5.74, 6) is 0.864. The van der Waals surface area contributed by atoms with Gasteiger partial charge in [0.15, 0.2) is 0 Å². The first kappa shape index (κ1) is 26.1. The average Bonchev–Trinajstić information content (AvgIpc) is 2.81. The van der Waals surface area contributed by atoms with Crippen molar-refractivity contribution < 1.29 is 38.3 Å². The Morgan fingerprint density at radius 3 is 1.76 bits per heavy atom. The number of hydrogen-bond donors (Lipinski definition) is 0. The molecule has 0 aromatic heterocycles. The summed E-state index contributed by atoms with van der Waals surface area (Å²) in [4.78, 5) is -0.0706. The minimum atomic E-state index is -4.54. The van der Waals surface area contributed by atoms with Crippen molar-refractivity contribution in [1.82, 2.24) is 0 Å². The van der Waals surface area contributed by atoms with E-state index in [1.807, 2.05) is 6.92 Å². The van der Waals surface area contributed by atoms with Gasteiger partial charge in [0.05, 0.1) is 0 Å². The van der Waals surface area contributed by atoms with Gasteiger partial charge in [0.25, 0.3) is 0 Å². The van der Waals surface area contributed by atoms with Crippen molar-refractivity contribution in [2.45, 2.75) is 18.0 Å². The third-order valence-corrected chi connectivity index (χ3v) is 12.2. The fourth-order valence-electron chi connectivity index (χ4n) is 2.89. The van der Waals surface area contributed by atoms with Crippen molar-refractivity contribution in [2.24, 2.45) is 0 Å². The second kappa shape index (κ2) is 10.4. The van der Waals surface area contributed by atoms with E-state index < -0.39 is 42.1 Å². The van der Waals surface area contributed by atoms with Crippen LogP contribution in [0.2, 0.25) is 0 Å². The molecule has 3 aromatic rings. The number of halogens is 4.